The molecular formula is C11H24N2O. The van der Waals surface area contributed by atoms with Gasteiger partial charge in [0.2, 0.25) is 0 Å². The van der Waals surface area contributed by atoms with Crippen LogP contribution in [-0.4, -0.2) is 32.8 Å². The molecule has 0 bridgehead atoms. The van der Waals surface area contributed by atoms with E-state index in [0.29, 0.717) is 12.0 Å². The highest BCUT2D eigenvalue weighted by atomic mass is 16.5. The molecule has 0 radical (unpaired) electrons. The second-order valence-electron chi connectivity index (χ2n) is 4.72. The van der Waals surface area contributed by atoms with Gasteiger partial charge in [0.1, 0.15) is 0 Å². The molecule has 0 aromatic heterocycles. The van der Waals surface area contributed by atoms with Crippen molar-refractivity contribution < 1.29 is 4.74 Å². The Bertz CT molecular complexity index is 153. The van der Waals surface area contributed by atoms with Crippen molar-refractivity contribution in [2.75, 3.05) is 26.7 Å². The van der Waals surface area contributed by atoms with Crippen molar-refractivity contribution in [1.82, 2.24) is 5.32 Å². The van der Waals surface area contributed by atoms with Gasteiger partial charge in [0, 0.05) is 20.2 Å². The first-order valence-electron chi connectivity index (χ1n) is 5.64. The summed E-state index contributed by atoms with van der Waals surface area (Å²) in [6.07, 6.45) is 5.40. The minimum atomic E-state index is 0.219. The van der Waals surface area contributed by atoms with Gasteiger partial charge in [-0.1, -0.05) is 13.3 Å². The second kappa shape index (κ2) is 5.69. The lowest BCUT2D eigenvalue weighted by molar-refractivity contribution is 0.0984. The minimum Gasteiger partial charge on any atom is -0.380 e. The normalized spacial score (nSPS) is 21.6. The Morgan fingerprint density at radius 3 is 2.64 bits per heavy atom. The molecule has 0 aromatic carbocycles. The zero-order valence-electron chi connectivity index (χ0n) is 9.51. The number of ether oxygens (including phenoxy) is 1. The van der Waals surface area contributed by atoms with E-state index in [2.05, 4.69) is 12.2 Å². The predicted molar refractivity (Wildman–Crippen MR) is 59.3 cm³/mol. The molecule has 0 aromatic rings. The van der Waals surface area contributed by atoms with Gasteiger partial charge >= 0.3 is 0 Å². The van der Waals surface area contributed by atoms with Crippen molar-refractivity contribution in [3.63, 3.8) is 0 Å². The standard InChI is InChI=1S/C11H24N2O/c1-11(5-3-6-11)9-13-7-4-10(8-12)14-2/h10,13H,3-9,12H2,1-2H3. The first-order chi connectivity index (χ1) is 6.70. The molecule has 3 heteroatoms. The van der Waals surface area contributed by atoms with Crippen molar-refractivity contribution in [2.45, 2.75) is 38.7 Å². The van der Waals surface area contributed by atoms with Crippen molar-refractivity contribution in [3.05, 3.63) is 0 Å². The average Bonchev–Trinajstić information content (AvgIpc) is 2.15. The summed E-state index contributed by atoms with van der Waals surface area (Å²) in [6.45, 7) is 5.15. The molecule has 0 saturated heterocycles. The third kappa shape index (κ3) is 3.56. The maximum atomic E-state index is 5.54. The van der Waals surface area contributed by atoms with E-state index in [9.17, 15) is 0 Å². The topological polar surface area (TPSA) is 47.3 Å². The molecular weight excluding hydrogens is 176 g/mol. The summed E-state index contributed by atoms with van der Waals surface area (Å²) in [5.41, 5.74) is 6.11. The van der Waals surface area contributed by atoms with E-state index < -0.39 is 0 Å². The van der Waals surface area contributed by atoms with Gasteiger partial charge in [-0.2, -0.15) is 0 Å². The number of hydrogen-bond donors (Lipinski definition) is 2. The maximum absolute atomic E-state index is 5.54. The lowest BCUT2D eigenvalue weighted by atomic mass is 9.70. The third-order valence-electron chi connectivity index (χ3n) is 3.35. The molecule has 1 aliphatic carbocycles. The summed E-state index contributed by atoms with van der Waals surface area (Å²) >= 11 is 0. The van der Waals surface area contributed by atoms with Crippen LogP contribution in [-0.2, 0) is 4.74 Å². The van der Waals surface area contributed by atoms with Crippen LogP contribution in [0.5, 0.6) is 0 Å². The van der Waals surface area contributed by atoms with Crippen LogP contribution in [0.2, 0.25) is 0 Å². The van der Waals surface area contributed by atoms with E-state index in [-0.39, 0.29) is 6.10 Å². The van der Waals surface area contributed by atoms with E-state index in [1.54, 1.807) is 7.11 Å². The Morgan fingerprint density at radius 1 is 1.50 bits per heavy atom. The Morgan fingerprint density at radius 2 is 2.21 bits per heavy atom. The summed E-state index contributed by atoms with van der Waals surface area (Å²) in [5.74, 6) is 0. The fourth-order valence-electron chi connectivity index (χ4n) is 1.94. The summed E-state index contributed by atoms with van der Waals surface area (Å²) in [7, 11) is 1.73. The third-order valence-corrected chi connectivity index (χ3v) is 3.35. The Kier molecular flexibility index (Phi) is 4.85. The molecule has 1 atom stereocenters. The Hall–Kier alpha value is -0.120. The molecule has 1 aliphatic rings. The summed E-state index contributed by atoms with van der Waals surface area (Å²) in [6, 6.07) is 0. The first-order valence-corrected chi connectivity index (χ1v) is 5.64. The van der Waals surface area contributed by atoms with E-state index in [4.69, 9.17) is 10.5 Å². The maximum Gasteiger partial charge on any atom is 0.0705 e. The van der Waals surface area contributed by atoms with Crippen molar-refractivity contribution in [2.24, 2.45) is 11.1 Å². The molecule has 0 heterocycles. The summed E-state index contributed by atoms with van der Waals surface area (Å²) < 4.78 is 5.21. The quantitative estimate of drug-likeness (QED) is 0.606. The van der Waals surface area contributed by atoms with E-state index in [0.717, 1.165) is 19.5 Å². The summed E-state index contributed by atoms with van der Waals surface area (Å²) in [4.78, 5) is 0. The van der Waals surface area contributed by atoms with Gasteiger partial charge in [0.25, 0.3) is 0 Å². The van der Waals surface area contributed by atoms with Crippen LogP contribution in [0.1, 0.15) is 32.6 Å². The molecule has 3 N–H and O–H groups in total. The van der Waals surface area contributed by atoms with Gasteiger partial charge in [-0.15, -0.1) is 0 Å². The van der Waals surface area contributed by atoms with E-state index in [1.807, 2.05) is 0 Å². The van der Waals surface area contributed by atoms with Crippen LogP contribution in [0, 0.1) is 5.41 Å². The van der Waals surface area contributed by atoms with Crippen LogP contribution in [0.3, 0.4) is 0 Å². The van der Waals surface area contributed by atoms with Crippen LogP contribution >= 0.6 is 0 Å². The molecule has 3 nitrogen and oxygen atoms in total. The fraction of sp³-hybridized carbons (Fsp3) is 1.00. The molecule has 1 rings (SSSR count). The first kappa shape index (κ1) is 12.0. The lowest BCUT2D eigenvalue weighted by Gasteiger charge is -2.38. The molecule has 0 spiro atoms. The van der Waals surface area contributed by atoms with Crippen LogP contribution in [0.4, 0.5) is 0 Å². The SMILES string of the molecule is COC(CN)CCNCC1(C)CCC1. The highest BCUT2D eigenvalue weighted by Gasteiger charge is 2.30. The molecule has 1 saturated carbocycles. The zero-order valence-corrected chi connectivity index (χ0v) is 9.51. The van der Waals surface area contributed by atoms with Crippen molar-refractivity contribution in [1.29, 1.82) is 0 Å². The van der Waals surface area contributed by atoms with Gasteiger partial charge in [-0.05, 0) is 31.2 Å². The van der Waals surface area contributed by atoms with Gasteiger partial charge in [0.05, 0.1) is 6.10 Å². The van der Waals surface area contributed by atoms with Crippen LogP contribution < -0.4 is 11.1 Å². The Balaban J connectivity index is 1.98. The Labute approximate surface area is 87.4 Å². The van der Waals surface area contributed by atoms with Gasteiger partial charge < -0.3 is 15.8 Å². The van der Waals surface area contributed by atoms with Crippen LogP contribution in [0.15, 0.2) is 0 Å². The summed E-state index contributed by atoms with van der Waals surface area (Å²) in [5, 5.41) is 3.49. The lowest BCUT2D eigenvalue weighted by Crippen LogP contribution is -2.38. The molecule has 1 unspecified atom stereocenters. The average molecular weight is 200 g/mol. The number of methoxy groups -OCH3 is 1. The second-order valence-corrected chi connectivity index (χ2v) is 4.72. The molecule has 14 heavy (non-hydrogen) atoms. The predicted octanol–water partition coefficient (Wildman–Crippen LogP) is 1.13. The number of nitrogens with two attached hydrogens (primary N) is 1. The highest BCUT2D eigenvalue weighted by molar-refractivity contribution is 4.85. The number of nitrogens with one attached hydrogen (secondary N) is 1. The molecule has 84 valence electrons. The van der Waals surface area contributed by atoms with E-state index in [1.165, 1.54) is 19.3 Å². The van der Waals surface area contributed by atoms with E-state index >= 15 is 0 Å². The molecule has 0 aliphatic heterocycles. The largest absolute Gasteiger partial charge is 0.380 e. The smallest absolute Gasteiger partial charge is 0.0705 e. The van der Waals surface area contributed by atoms with Gasteiger partial charge in [-0.3, -0.25) is 0 Å². The zero-order chi connectivity index (χ0) is 10.4. The monoisotopic (exact) mass is 200 g/mol. The molecule has 1 fully saturated rings. The fourth-order valence-corrected chi connectivity index (χ4v) is 1.94. The molecule has 0 amide bonds. The number of hydrogen-bond acceptors (Lipinski definition) is 3. The van der Waals surface area contributed by atoms with Crippen molar-refractivity contribution >= 4 is 0 Å². The van der Waals surface area contributed by atoms with Crippen LogP contribution in [0.25, 0.3) is 0 Å². The van der Waals surface area contributed by atoms with Gasteiger partial charge in [-0.25, -0.2) is 0 Å². The highest BCUT2D eigenvalue weighted by Crippen LogP contribution is 2.39. The minimum absolute atomic E-state index is 0.219. The van der Waals surface area contributed by atoms with Gasteiger partial charge in [0.15, 0.2) is 0 Å². The number of rotatable bonds is 7. The van der Waals surface area contributed by atoms with Crippen molar-refractivity contribution in [3.8, 4) is 0 Å².